The molecule has 0 aliphatic heterocycles. The summed E-state index contributed by atoms with van der Waals surface area (Å²) in [5.41, 5.74) is 1.15. The Labute approximate surface area is 110 Å². The number of anilines is 1. The molecule has 1 aromatic carbocycles. The molecule has 0 atom stereocenters. The van der Waals surface area contributed by atoms with E-state index >= 15 is 0 Å². The zero-order valence-corrected chi connectivity index (χ0v) is 11.3. The number of ether oxygens (including phenoxy) is 2. The maximum Gasteiger partial charge on any atom is 0.174 e. The molecule has 3 heteroatoms. The zero-order chi connectivity index (χ0) is 13.2. The average molecular weight is 249 g/mol. The second kappa shape index (κ2) is 8.72. The molecule has 0 bridgehead atoms. The van der Waals surface area contributed by atoms with Gasteiger partial charge in [0.15, 0.2) is 6.29 Å². The molecule has 18 heavy (non-hydrogen) atoms. The molecule has 1 aromatic rings. The van der Waals surface area contributed by atoms with Gasteiger partial charge in [-0.2, -0.15) is 0 Å². The highest BCUT2D eigenvalue weighted by Crippen LogP contribution is 2.14. The monoisotopic (exact) mass is 249 g/mol. The molecule has 3 nitrogen and oxygen atoms in total. The Morgan fingerprint density at radius 3 is 2.28 bits per heavy atom. The lowest BCUT2D eigenvalue weighted by atomic mass is 10.3. The van der Waals surface area contributed by atoms with Crippen molar-refractivity contribution in [2.75, 3.05) is 31.2 Å². The molecule has 0 saturated carbocycles. The standard InChI is InChI=1S/C15H23NO2/c1-4-12-16(14-10-8-7-9-11-14)13-15(17-5-2)18-6-3/h4,7-11,15H,1,5-6,12-13H2,2-3H3. The van der Waals surface area contributed by atoms with E-state index < -0.39 is 0 Å². The Morgan fingerprint density at radius 1 is 1.17 bits per heavy atom. The first kappa shape index (κ1) is 14.7. The van der Waals surface area contributed by atoms with Gasteiger partial charge in [-0.15, -0.1) is 6.58 Å². The molecule has 0 amide bonds. The van der Waals surface area contributed by atoms with Crippen LogP contribution < -0.4 is 4.90 Å². The predicted octanol–water partition coefficient (Wildman–Crippen LogP) is 3.08. The van der Waals surface area contributed by atoms with E-state index in [1.54, 1.807) is 0 Å². The van der Waals surface area contributed by atoms with Gasteiger partial charge in [-0.3, -0.25) is 0 Å². The Morgan fingerprint density at radius 2 is 1.78 bits per heavy atom. The summed E-state index contributed by atoms with van der Waals surface area (Å²) in [5.74, 6) is 0. The molecule has 1 rings (SSSR count). The molecule has 0 saturated heterocycles. The fourth-order valence-corrected chi connectivity index (χ4v) is 1.79. The maximum absolute atomic E-state index is 5.58. The summed E-state index contributed by atoms with van der Waals surface area (Å²) in [6, 6.07) is 10.2. The summed E-state index contributed by atoms with van der Waals surface area (Å²) < 4.78 is 11.2. The number of nitrogens with zero attached hydrogens (tertiary/aromatic N) is 1. The Kier molecular flexibility index (Phi) is 7.14. The van der Waals surface area contributed by atoms with Crippen LogP contribution in [0.1, 0.15) is 13.8 Å². The van der Waals surface area contributed by atoms with Gasteiger partial charge >= 0.3 is 0 Å². The fourth-order valence-electron chi connectivity index (χ4n) is 1.79. The van der Waals surface area contributed by atoms with Gasteiger partial charge in [0.25, 0.3) is 0 Å². The lowest BCUT2D eigenvalue weighted by Gasteiger charge is -2.28. The van der Waals surface area contributed by atoms with E-state index in [1.807, 2.05) is 38.1 Å². The largest absolute Gasteiger partial charge is 0.363 e. The lowest BCUT2D eigenvalue weighted by Crippen LogP contribution is -2.36. The van der Waals surface area contributed by atoms with E-state index in [9.17, 15) is 0 Å². The Balaban J connectivity index is 2.69. The molecule has 0 spiro atoms. The molecule has 0 aliphatic carbocycles. The van der Waals surface area contributed by atoms with Crippen molar-refractivity contribution in [1.82, 2.24) is 0 Å². The van der Waals surface area contributed by atoms with Crippen LogP contribution in [0.15, 0.2) is 43.0 Å². The molecule has 100 valence electrons. The molecule has 0 aliphatic rings. The van der Waals surface area contributed by atoms with E-state index in [1.165, 1.54) is 0 Å². The van der Waals surface area contributed by atoms with E-state index in [4.69, 9.17) is 9.47 Å². The molecule has 0 fully saturated rings. The number of hydrogen-bond acceptors (Lipinski definition) is 3. The minimum absolute atomic E-state index is 0.194. The van der Waals surface area contributed by atoms with Gasteiger partial charge in [0, 0.05) is 25.4 Å². The van der Waals surface area contributed by atoms with Crippen molar-refractivity contribution in [3.63, 3.8) is 0 Å². The quantitative estimate of drug-likeness (QED) is 0.496. The highest BCUT2D eigenvalue weighted by atomic mass is 16.7. The van der Waals surface area contributed by atoms with Crippen molar-refractivity contribution in [3.8, 4) is 0 Å². The predicted molar refractivity (Wildman–Crippen MR) is 75.9 cm³/mol. The van der Waals surface area contributed by atoms with Crippen LogP contribution in [0.5, 0.6) is 0 Å². The summed E-state index contributed by atoms with van der Waals surface area (Å²) >= 11 is 0. The van der Waals surface area contributed by atoms with Crippen LogP contribution in [0.3, 0.4) is 0 Å². The molecule has 0 radical (unpaired) electrons. The molecular formula is C15H23NO2. The van der Waals surface area contributed by atoms with Crippen molar-refractivity contribution >= 4 is 5.69 Å². The van der Waals surface area contributed by atoms with Gasteiger partial charge in [0.1, 0.15) is 0 Å². The highest BCUT2D eigenvalue weighted by Gasteiger charge is 2.13. The van der Waals surface area contributed by atoms with Gasteiger partial charge in [-0.25, -0.2) is 0 Å². The first-order valence-corrected chi connectivity index (χ1v) is 6.45. The Hall–Kier alpha value is -1.32. The average Bonchev–Trinajstić information content (AvgIpc) is 2.40. The summed E-state index contributed by atoms with van der Waals surface area (Å²) in [4.78, 5) is 2.20. The van der Waals surface area contributed by atoms with Gasteiger partial charge in [0.05, 0.1) is 6.54 Å². The minimum atomic E-state index is -0.194. The number of rotatable bonds is 9. The van der Waals surface area contributed by atoms with Crippen molar-refractivity contribution in [1.29, 1.82) is 0 Å². The topological polar surface area (TPSA) is 21.7 Å². The number of benzene rings is 1. The van der Waals surface area contributed by atoms with Gasteiger partial charge < -0.3 is 14.4 Å². The summed E-state index contributed by atoms with van der Waals surface area (Å²) in [7, 11) is 0. The van der Waals surface area contributed by atoms with Gasteiger partial charge in [-0.05, 0) is 26.0 Å². The molecule has 0 unspecified atom stereocenters. The normalized spacial score (nSPS) is 10.6. The van der Waals surface area contributed by atoms with Crippen LogP contribution in [0.4, 0.5) is 5.69 Å². The van der Waals surface area contributed by atoms with E-state index in [0.717, 1.165) is 12.2 Å². The second-order valence-electron chi connectivity index (χ2n) is 3.87. The third kappa shape index (κ3) is 4.90. The minimum Gasteiger partial charge on any atom is -0.363 e. The zero-order valence-electron chi connectivity index (χ0n) is 11.3. The first-order valence-electron chi connectivity index (χ1n) is 6.45. The van der Waals surface area contributed by atoms with E-state index in [2.05, 4.69) is 23.6 Å². The van der Waals surface area contributed by atoms with Crippen LogP contribution in [0, 0.1) is 0 Å². The number of hydrogen-bond donors (Lipinski definition) is 0. The van der Waals surface area contributed by atoms with Gasteiger partial charge in [-0.1, -0.05) is 24.3 Å². The molecular weight excluding hydrogens is 226 g/mol. The second-order valence-corrected chi connectivity index (χ2v) is 3.87. The van der Waals surface area contributed by atoms with Crippen LogP contribution in [0.25, 0.3) is 0 Å². The summed E-state index contributed by atoms with van der Waals surface area (Å²) in [6.45, 7) is 10.6. The Bertz CT molecular complexity index is 321. The smallest absolute Gasteiger partial charge is 0.174 e. The molecule has 0 aromatic heterocycles. The summed E-state index contributed by atoms with van der Waals surface area (Å²) in [5, 5.41) is 0. The van der Waals surface area contributed by atoms with Crippen LogP contribution >= 0.6 is 0 Å². The first-order chi connectivity index (χ1) is 8.81. The maximum atomic E-state index is 5.58. The van der Waals surface area contributed by atoms with Crippen molar-refractivity contribution in [2.24, 2.45) is 0 Å². The van der Waals surface area contributed by atoms with E-state index in [-0.39, 0.29) is 6.29 Å². The van der Waals surface area contributed by atoms with Crippen molar-refractivity contribution < 1.29 is 9.47 Å². The number of para-hydroxylation sites is 1. The van der Waals surface area contributed by atoms with Crippen molar-refractivity contribution in [3.05, 3.63) is 43.0 Å². The lowest BCUT2D eigenvalue weighted by molar-refractivity contribution is -0.129. The van der Waals surface area contributed by atoms with Crippen molar-refractivity contribution in [2.45, 2.75) is 20.1 Å². The SMILES string of the molecule is C=CCN(CC(OCC)OCC)c1ccccc1. The van der Waals surface area contributed by atoms with Crippen LogP contribution in [0.2, 0.25) is 0 Å². The highest BCUT2D eigenvalue weighted by molar-refractivity contribution is 5.46. The summed E-state index contributed by atoms with van der Waals surface area (Å²) in [6.07, 6.45) is 1.70. The third-order valence-electron chi connectivity index (χ3n) is 2.55. The van der Waals surface area contributed by atoms with Gasteiger partial charge in [0.2, 0.25) is 0 Å². The van der Waals surface area contributed by atoms with Crippen LogP contribution in [-0.2, 0) is 9.47 Å². The molecule has 0 heterocycles. The van der Waals surface area contributed by atoms with Crippen LogP contribution in [-0.4, -0.2) is 32.6 Å². The third-order valence-corrected chi connectivity index (χ3v) is 2.55. The fraction of sp³-hybridized carbons (Fsp3) is 0.467. The molecule has 0 N–H and O–H groups in total. The van der Waals surface area contributed by atoms with E-state index in [0.29, 0.717) is 19.8 Å².